The number of rotatable bonds is 3. The normalized spacial score (nSPS) is 12.7. The molecule has 0 aromatic rings. The summed E-state index contributed by atoms with van der Waals surface area (Å²) in [4.78, 5) is 6.60. The van der Waals surface area contributed by atoms with Gasteiger partial charge in [0.15, 0.2) is 0 Å². The molecule has 0 amide bonds. The van der Waals surface area contributed by atoms with E-state index in [4.69, 9.17) is 5.90 Å². The molecule has 0 aliphatic rings. The van der Waals surface area contributed by atoms with Crippen molar-refractivity contribution < 1.29 is 4.84 Å². The van der Waals surface area contributed by atoms with Crippen LogP contribution in [0.5, 0.6) is 0 Å². The molecule has 3 heteroatoms. The van der Waals surface area contributed by atoms with Crippen molar-refractivity contribution in [1.29, 1.82) is 0 Å². The molecule has 9 heavy (non-hydrogen) atoms. The number of likely N-dealkylation sites (N-methyl/N-ethyl adjacent to an activating group) is 1. The first-order valence-electron chi connectivity index (χ1n) is 3.00. The first kappa shape index (κ1) is 8.88. The molecule has 0 spiro atoms. The molecule has 0 aliphatic heterocycles. The average molecular weight is 132 g/mol. The van der Waals surface area contributed by atoms with Gasteiger partial charge in [0.25, 0.3) is 0 Å². The quantitative estimate of drug-likeness (QED) is 0.558. The third kappa shape index (κ3) is 2.79. The van der Waals surface area contributed by atoms with E-state index in [1.807, 2.05) is 14.1 Å². The van der Waals surface area contributed by atoms with Crippen LogP contribution in [-0.2, 0) is 4.84 Å². The summed E-state index contributed by atoms with van der Waals surface area (Å²) in [5.74, 6) is 4.93. The van der Waals surface area contributed by atoms with Gasteiger partial charge in [0.2, 0.25) is 0 Å². The fourth-order valence-electron chi connectivity index (χ4n) is 0.333. The van der Waals surface area contributed by atoms with Crippen molar-refractivity contribution in [1.82, 2.24) is 4.90 Å². The lowest BCUT2D eigenvalue weighted by molar-refractivity contribution is 0.0360. The van der Waals surface area contributed by atoms with Gasteiger partial charge in [-0.3, -0.25) is 0 Å². The zero-order chi connectivity index (χ0) is 7.49. The van der Waals surface area contributed by atoms with E-state index in [9.17, 15) is 0 Å². The van der Waals surface area contributed by atoms with Gasteiger partial charge >= 0.3 is 0 Å². The first-order valence-corrected chi connectivity index (χ1v) is 3.00. The lowest BCUT2D eigenvalue weighted by Crippen LogP contribution is -2.43. The Hall–Kier alpha value is -0.120. The molecule has 0 bridgehead atoms. The van der Waals surface area contributed by atoms with Crippen molar-refractivity contribution in [2.24, 2.45) is 5.90 Å². The second kappa shape index (κ2) is 3.15. The average Bonchev–Trinajstić information content (AvgIpc) is 1.65. The third-order valence-corrected chi connectivity index (χ3v) is 1.65. The highest BCUT2D eigenvalue weighted by Crippen LogP contribution is 2.08. The Morgan fingerprint density at radius 2 is 1.89 bits per heavy atom. The Balaban J connectivity index is 3.70. The van der Waals surface area contributed by atoms with Gasteiger partial charge in [-0.15, -0.1) is 0 Å². The van der Waals surface area contributed by atoms with E-state index in [0.29, 0.717) is 6.61 Å². The standard InChI is InChI=1S/C6H16N2O/c1-6(2,5-9-7)8(3)4/h5,7H2,1-4H3. The van der Waals surface area contributed by atoms with Crippen LogP contribution < -0.4 is 5.90 Å². The lowest BCUT2D eigenvalue weighted by Gasteiger charge is -2.30. The van der Waals surface area contributed by atoms with Crippen LogP contribution in [0.3, 0.4) is 0 Å². The fraction of sp³-hybridized carbons (Fsp3) is 1.00. The van der Waals surface area contributed by atoms with Gasteiger partial charge in [-0.25, -0.2) is 5.90 Å². The van der Waals surface area contributed by atoms with Crippen molar-refractivity contribution in [3.8, 4) is 0 Å². The molecule has 56 valence electrons. The monoisotopic (exact) mass is 132 g/mol. The van der Waals surface area contributed by atoms with Gasteiger partial charge in [-0.05, 0) is 27.9 Å². The fourth-order valence-corrected chi connectivity index (χ4v) is 0.333. The first-order chi connectivity index (χ1) is 4.00. The van der Waals surface area contributed by atoms with Gasteiger partial charge in [-0.1, -0.05) is 0 Å². The summed E-state index contributed by atoms with van der Waals surface area (Å²) in [6.45, 7) is 4.69. The Bertz CT molecular complexity index is 81.1. The van der Waals surface area contributed by atoms with Crippen LogP contribution in [0, 0.1) is 0 Å². The van der Waals surface area contributed by atoms with Crippen LogP contribution in [0.25, 0.3) is 0 Å². The second-order valence-electron chi connectivity index (χ2n) is 3.02. The highest BCUT2D eigenvalue weighted by Gasteiger charge is 2.19. The van der Waals surface area contributed by atoms with E-state index in [1.54, 1.807) is 0 Å². The van der Waals surface area contributed by atoms with Crippen LogP contribution in [0.15, 0.2) is 0 Å². The molecule has 2 N–H and O–H groups in total. The van der Waals surface area contributed by atoms with Gasteiger partial charge in [-0.2, -0.15) is 0 Å². The van der Waals surface area contributed by atoms with Gasteiger partial charge in [0.1, 0.15) is 0 Å². The summed E-state index contributed by atoms with van der Waals surface area (Å²) in [6, 6.07) is 0. The minimum absolute atomic E-state index is 0.0365. The maximum Gasteiger partial charge on any atom is 0.0857 e. The van der Waals surface area contributed by atoms with E-state index in [0.717, 1.165) is 0 Å². The van der Waals surface area contributed by atoms with Crippen LogP contribution in [0.2, 0.25) is 0 Å². The summed E-state index contributed by atoms with van der Waals surface area (Å²) >= 11 is 0. The SMILES string of the molecule is CN(C)C(C)(C)CON. The minimum atomic E-state index is 0.0365. The topological polar surface area (TPSA) is 38.5 Å². The van der Waals surface area contributed by atoms with Crippen molar-refractivity contribution in [2.45, 2.75) is 19.4 Å². The molecule has 0 aromatic heterocycles. The second-order valence-corrected chi connectivity index (χ2v) is 3.02. The Labute approximate surface area is 56.7 Å². The minimum Gasteiger partial charge on any atom is -0.303 e. The smallest absolute Gasteiger partial charge is 0.0857 e. The van der Waals surface area contributed by atoms with Gasteiger partial charge in [0, 0.05) is 5.54 Å². The lowest BCUT2D eigenvalue weighted by atomic mass is 10.1. The molecule has 0 saturated heterocycles. The van der Waals surface area contributed by atoms with E-state index >= 15 is 0 Å². The van der Waals surface area contributed by atoms with Crippen molar-refractivity contribution in [3.05, 3.63) is 0 Å². The molecule has 0 unspecified atom stereocenters. The molecule has 0 aromatic carbocycles. The van der Waals surface area contributed by atoms with Gasteiger partial charge < -0.3 is 9.74 Å². The van der Waals surface area contributed by atoms with E-state index in [-0.39, 0.29) is 5.54 Å². The summed E-state index contributed by atoms with van der Waals surface area (Å²) in [5, 5.41) is 0. The highest BCUT2D eigenvalue weighted by molar-refractivity contribution is 4.75. The molecule has 0 fully saturated rings. The third-order valence-electron chi connectivity index (χ3n) is 1.65. The summed E-state index contributed by atoms with van der Waals surface area (Å²) in [6.07, 6.45) is 0. The van der Waals surface area contributed by atoms with Crippen LogP contribution in [0.1, 0.15) is 13.8 Å². The van der Waals surface area contributed by atoms with E-state index < -0.39 is 0 Å². The molecule has 0 radical (unpaired) electrons. The van der Waals surface area contributed by atoms with Crippen LogP contribution >= 0.6 is 0 Å². The molecule has 3 nitrogen and oxygen atoms in total. The largest absolute Gasteiger partial charge is 0.303 e. The molecule has 0 saturated carbocycles. The molecular weight excluding hydrogens is 116 g/mol. The van der Waals surface area contributed by atoms with Gasteiger partial charge in [0.05, 0.1) is 6.61 Å². The summed E-state index contributed by atoms with van der Waals surface area (Å²) in [7, 11) is 4.00. The Morgan fingerprint density at radius 1 is 1.44 bits per heavy atom. The summed E-state index contributed by atoms with van der Waals surface area (Å²) in [5.41, 5.74) is 0.0365. The molecule has 0 atom stereocenters. The maximum absolute atomic E-state index is 4.93. The molecule has 0 aliphatic carbocycles. The Morgan fingerprint density at radius 3 is 2.00 bits per heavy atom. The van der Waals surface area contributed by atoms with Crippen molar-refractivity contribution in [3.63, 3.8) is 0 Å². The number of hydrogen-bond acceptors (Lipinski definition) is 3. The molecular formula is C6H16N2O. The number of nitrogens with two attached hydrogens (primary N) is 1. The predicted molar refractivity (Wildman–Crippen MR) is 37.9 cm³/mol. The Kier molecular flexibility index (Phi) is 3.11. The highest BCUT2D eigenvalue weighted by atomic mass is 16.6. The number of nitrogens with zero attached hydrogens (tertiary/aromatic N) is 1. The van der Waals surface area contributed by atoms with Crippen molar-refractivity contribution in [2.75, 3.05) is 20.7 Å². The van der Waals surface area contributed by atoms with Crippen molar-refractivity contribution >= 4 is 0 Å². The number of hydrogen-bond donors (Lipinski definition) is 1. The zero-order valence-electron chi connectivity index (χ0n) is 6.64. The zero-order valence-corrected chi connectivity index (χ0v) is 6.64. The van der Waals surface area contributed by atoms with Crippen LogP contribution in [-0.4, -0.2) is 31.1 Å². The molecule has 0 heterocycles. The van der Waals surface area contributed by atoms with Crippen LogP contribution in [0.4, 0.5) is 0 Å². The molecule has 0 rings (SSSR count). The van der Waals surface area contributed by atoms with E-state index in [1.165, 1.54) is 0 Å². The summed E-state index contributed by atoms with van der Waals surface area (Å²) < 4.78 is 0. The maximum atomic E-state index is 4.93. The predicted octanol–water partition coefficient (Wildman–Crippen LogP) is 0.217. The van der Waals surface area contributed by atoms with E-state index in [2.05, 4.69) is 23.6 Å².